The number of carbonyl (C=O) groups excluding carboxylic acids is 2. The number of nitrogens with two attached hydrogens (primary N) is 1. The third-order valence-electron chi connectivity index (χ3n) is 3.47. The minimum Gasteiger partial charge on any atom is -0.354 e. The molecular formula is C16H33N3O2. The number of hydrogen-bond donors (Lipinski definition) is 3. The molecule has 0 radical (unpaired) electrons. The molecule has 0 fully saturated rings. The molecule has 21 heavy (non-hydrogen) atoms. The van der Waals surface area contributed by atoms with Gasteiger partial charge in [-0.05, 0) is 12.8 Å². The molecule has 0 aliphatic rings. The summed E-state index contributed by atoms with van der Waals surface area (Å²) in [5.74, 6) is -0.251. The third-order valence-corrected chi connectivity index (χ3v) is 3.47. The first-order valence-corrected chi connectivity index (χ1v) is 8.42. The zero-order valence-electron chi connectivity index (χ0n) is 13.7. The van der Waals surface area contributed by atoms with E-state index in [-0.39, 0.29) is 18.4 Å². The largest absolute Gasteiger partial charge is 0.354 e. The quantitative estimate of drug-likeness (QED) is 0.455. The van der Waals surface area contributed by atoms with E-state index in [0.29, 0.717) is 13.0 Å². The highest BCUT2D eigenvalue weighted by molar-refractivity contribution is 5.87. The van der Waals surface area contributed by atoms with Crippen LogP contribution in [0.15, 0.2) is 0 Å². The number of hydrogen-bond acceptors (Lipinski definition) is 3. The average molecular weight is 299 g/mol. The summed E-state index contributed by atoms with van der Waals surface area (Å²) in [5.41, 5.74) is 5.57. The summed E-state index contributed by atoms with van der Waals surface area (Å²) < 4.78 is 0. The van der Waals surface area contributed by atoms with Crippen molar-refractivity contribution >= 4 is 11.8 Å². The van der Waals surface area contributed by atoms with Crippen molar-refractivity contribution in [3.05, 3.63) is 0 Å². The predicted molar refractivity (Wildman–Crippen MR) is 86.9 cm³/mol. The van der Waals surface area contributed by atoms with E-state index in [1.165, 1.54) is 12.8 Å². The van der Waals surface area contributed by atoms with Crippen LogP contribution in [0.25, 0.3) is 0 Å². The molecule has 4 N–H and O–H groups in total. The predicted octanol–water partition coefficient (Wildman–Crippen LogP) is 2.10. The van der Waals surface area contributed by atoms with Gasteiger partial charge in [-0.3, -0.25) is 9.59 Å². The first-order valence-electron chi connectivity index (χ1n) is 8.42. The van der Waals surface area contributed by atoms with Crippen LogP contribution < -0.4 is 16.4 Å². The van der Waals surface area contributed by atoms with Crippen LogP contribution in [0.1, 0.15) is 71.6 Å². The summed E-state index contributed by atoms with van der Waals surface area (Å²) in [4.78, 5) is 23.7. The molecule has 5 nitrogen and oxygen atoms in total. The first-order chi connectivity index (χ1) is 10.2. The van der Waals surface area contributed by atoms with Crippen molar-refractivity contribution in [2.75, 3.05) is 13.1 Å². The Balaban J connectivity index is 3.85. The molecule has 0 saturated heterocycles. The van der Waals surface area contributed by atoms with Crippen molar-refractivity contribution in [1.29, 1.82) is 0 Å². The molecule has 5 heteroatoms. The standard InChI is InChI=1S/C16H33N3O2/c1-3-5-7-9-11-15(20)19-14(13-17)16(21)18-12-10-8-6-4-2/h14H,3-13,17H2,1-2H3,(H,18,21)(H,19,20)/t14-/m0/s1. The Morgan fingerprint density at radius 3 is 2.14 bits per heavy atom. The van der Waals surface area contributed by atoms with E-state index >= 15 is 0 Å². The van der Waals surface area contributed by atoms with Crippen LogP contribution in [0.5, 0.6) is 0 Å². The van der Waals surface area contributed by atoms with Crippen LogP contribution in [-0.4, -0.2) is 30.9 Å². The van der Waals surface area contributed by atoms with Crippen LogP contribution >= 0.6 is 0 Å². The van der Waals surface area contributed by atoms with Gasteiger partial charge in [-0.25, -0.2) is 0 Å². The van der Waals surface area contributed by atoms with Gasteiger partial charge in [0.15, 0.2) is 0 Å². The summed E-state index contributed by atoms with van der Waals surface area (Å²) in [6.45, 7) is 5.08. The normalized spacial score (nSPS) is 12.0. The van der Waals surface area contributed by atoms with Gasteiger partial charge in [0.2, 0.25) is 11.8 Å². The van der Waals surface area contributed by atoms with Gasteiger partial charge in [-0.1, -0.05) is 52.4 Å². The summed E-state index contributed by atoms with van der Waals surface area (Å²) >= 11 is 0. The number of carbonyl (C=O) groups is 2. The maximum atomic E-state index is 11.9. The van der Waals surface area contributed by atoms with Gasteiger partial charge in [0.05, 0.1) is 0 Å². The Morgan fingerprint density at radius 1 is 0.952 bits per heavy atom. The maximum absolute atomic E-state index is 11.9. The van der Waals surface area contributed by atoms with Crippen LogP contribution in [0.3, 0.4) is 0 Å². The van der Waals surface area contributed by atoms with E-state index in [1.807, 2.05) is 0 Å². The van der Waals surface area contributed by atoms with Gasteiger partial charge in [-0.15, -0.1) is 0 Å². The molecule has 2 amide bonds. The highest BCUT2D eigenvalue weighted by Crippen LogP contribution is 2.02. The van der Waals surface area contributed by atoms with Crippen LogP contribution in [0, 0.1) is 0 Å². The van der Waals surface area contributed by atoms with E-state index < -0.39 is 6.04 Å². The zero-order valence-corrected chi connectivity index (χ0v) is 13.7. The smallest absolute Gasteiger partial charge is 0.243 e. The molecule has 1 atom stereocenters. The fraction of sp³-hybridized carbons (Fsp3) is 0.875. The summed E-state index contributed by atoms with van der Waals surface area (Å²) in [6.07, 6.45) is 9.14. The van der Waals surface area contributed by atoms with Crippen molar-refractivity contribution in [3.8, 4) is 0 Å². The number of nitrogens with one attached hydrogen (secondary N) is 2. The summed E-state index contributed by atoms with van der Waals surface area (Å²) in [5, 5.41) is 5.56. The van der Waals surface area contributed by atoms with E-state index in [9.17, 15) is 9.59 Å². The SMILES string of the molecule is CCCCCCNC(=O)[C@H](CN)NC(=O)CCCCCC. The average Bonchev–Trinajstić information content (AvgIpc) is 2.48. The Bertz CT molecular complexity index is 283. The molecule has 0 aromatic carbocycles. The number of unbranched alkanes of at least 4 members (excludes halogenated alkanes) is 6. The molecule has 0 unspecified atom stereocenters. The second-order valence-electron chi connectivity index (χ2n) is 5.52. The van der Waals surface area contributed by atoms with Crippen molar-refractivity contribution in [2.45, 2.75) is 77.7 Å². The van der Waals surface area contributed by atoms with Crippen LogP contribution in [0.4, 0.5) is 0 Å². The van der Waals surface area contributed by atoms with Crippen molar-refractivity contribution in [2.24, 2.45) is 5.73 Å². The zero-order chi connectivity index (χ0) is 15.9. The number of amides is 2. The Morgan fingerprint density at radius 2 is 1.57 bits per heavy atom. The minimum atomic E-state index is -0.602. The molecule has 0 rings (SSSR count). The fourth-order valence-corrected chi connectivity index (χ4v) is 2.10. The lowest BCUT2D eigenvalue weighted by Crippen LogP contribution is -2.50. The Hall–Kier alpha value is -1.10. The van der Waals surface area contributed by atoms with E-state index in [4.69, 9.17) is 5.73 Å². The molecule has 0 aromatic heterocycles. The van der Waals surface area contributed by atoms with Crippen LogP contribution in [0.2, 0.25) is 0 Å². The van der Waals surface area contributed by atoms with Crippen molar-refractivity contribution in [1.82, 2.24) is 10.6 Å². The second kappa shape index (κ2) is 13.9. The van der Waals surface area contributed by atoms with E-state index in [2.05, 4.69) is 24.5 Å². The van der Waals surface area contributed by atoms with Gasteiger partial charge >= 0.3 is 0 Å². The second-order valence-corrected chi connectivity index (χ2v) is 5.52. The summed E-state index contributed by atoms with van der Waals surface area (Å²) in [7, 11) is 0. The molecule has 0 bridgehead atoms. The van der Waals surface area contributed by atoms with Gasteiger partial charge in [0.1, 0.15) is 6.04 Å². The minimum absolute atomic E-state index is 0.0808. The van der Waals surface area contributed by atoms with Crippen LogP contribution in [-0.2, 0) is 9.59 Å². The number of rotatable bonds is 13. The lowest BCUT2D eigenvalue weighted by atomic mass is 10.1. The van der Waals surface area contributed by atoms with Gasteiger partial charge < -0.3 is 16.4 Å². The van der Waals surface area contributed by atoms with Gasteiger partial charge in [-0.2, -0.15) is 0 Å². The molecular weight excluding hydrogens is 266 g/mol. The first kappa shape index (κ1) is 19.9. The van der Waals surface area contributed by atoms with E-state index in [0.717, 1.165) is 38.5 Å². The van der Waals surface area contributed by atoms with Gasteiger partial charge in [0, 0.05) is 19.5 Å². The fourth-order valence-electron chi connectivity index (χ4n) is 2.10. The highest BCUT2D eigenvalue weighted by Gasteiger charge is 2.18. The van der Waals surface area contributed by atoms with Gasteiger partial charge in [0.25, 0.3) is 0 Å². The molecule has 0 aliphatic heterocycles. The molecule has 0 aromatic rings. The monoisotopic (exact) mass is 299 g/mol. The molecule has 0 heterocycles. The lowest BCUT2D eigenvalue weighted by molar-refractivity contribution is -0.128. The lowest BCUT2D eigenvalue weighted by Gasteiger charge is -2.16. The molecule has 0 aliphatic carbocycles. The third kappa shape index (κ3) is 11.3. The molecule has 0 saturated carbocycles. The summed E-state index contributed by atoms with van der Waals surface area (Å²) in [6, 6.07) is -0.602. The van der Waals surface area contributed by atoms with Crippen molar-refractivity contribution in [3.63, 3.8) is 0 Å². The highest BCUT2D eigenvalue weighted by atomic mass is 16.2. The maximum Gasteiger partial charge on any atom is 0.243 e. The topological polar surface area (TPSA) is 84.2 Å². The molecule has 124 valence electrons. The Labute approximate surface area is 129 Å². The van der Waals surface area contributed by atoms with E-state index in [1.54, 1.807) is 0 Å². The molecule has 0 spiro atoms. The Kier molecular flexibility index (Phi) is 13.1. The van der Waals surface area contributed by atoms with Crippen molar-refractivity contribution < 1.29 is 9.59 Å².